The maximum Gasteiger partial charge on any atom is 0.306 e. The van der Waals surface area contributed by atoms with Gasteiger partial charge >= 0.3 is 5.97 Å². The number of aromatic hydroxyl groups is 1. The minimum absolute atomic E-state index is 0.0196. The molecule has 2 heterocycles. The molecule has 1 N–H and O–H groups in total. The topological polar surface area (TPSA) is 90.4 Å². The molecule has 0 saturated carbocycles. The van der Waals surface area contributed by atoms with E-state index < -0.39 is 0 Å². The Bertz CT molecular complexity index is 879. The monoisotopic (exact) mass is 487 g/mol. The summed E-state index contributed by atoms with van der Waals surface area (Å²) in [7, 11) is 0. The van der Waals surface area contributed by atoms with Gasteiger partial charge in [-0.15, -0.1) is 0 Å². The SMILES string of the molecule is CCOC(=O)CCC(=O)N1CCN(C2CCN(C(=O)[C@H](C)Cc3cc(C)c(O)c(C)c3)CC2)CC1. The lowest BCUT2D eigenvalue weighted by molar-refractivity contribution is -0.146. The van der Waals surface area contributed by atoms with E-state index in [4.69, 9.17) is 4.74 Å². The summed E-state index contributed by atoms with van der Waals surface area (Å²) in [4.78, 5) is 43.3. The molecule has 1 aromatic rings. The number of hydrogen-bond donors (Lipinski definition) is 1. The number of carbonyl (C=O) groups is 3. The van der Waals surface area contributed by atoms with E-state index in [2.05, 4.69) is 4.90 Å². The first kappa shape index (κ1) is 27.0. The highest BCUT2D eigenvalue weighted by Gasteiger charge is 2.31. The third kappa shape index (κ3) is 7.19. The van der Waals surface area contributed by atoms with Gasteiger partial charge in [-0.25, -0.2) is 0 Å². The van der Waals surface area contributed by atoms with Crippen LogP contribution in [0.25, 0.3) is 0 Å². The predicted octanol–water partition coefficient (Wildman–Crippen LogP) is 2.67. The van der Waals surface area contributed by atoms with Crippen molar-refractivity contribution in [1.82, 2.24) is 14.7 Å². The zero-order chi connectivity index (χ0) is 25.5. The van der Waals surface area contributed by atoms with E-state index in [0.717, 1.165) is 55.7 Å². The molecule has 0 radical (unpaired) electrons. The van der Waals surface area contributed by atoms with Crippen LogP contribution in [0.5, 0.6) is 5.75 Å². The zero-order valence-corrected chi connectivity index (χ0v) is 21.7. The summed E-state index contributed by atoms with van der Waals surface area (Å²) >= 11 is 0. The largest absolute Gasteiger partial charge is 0.507 e. The number of piperazine rings is 1. The first-order chi connectivity index (χ1) is 16.7. The number of esters is 1. The minimum atomic E-state index is -0.316. The number of hydrogen-bond acceptors (Lipinski definition) is 6. The maximum absolute atomic E-state index is 13.1. The van der Waals surface area contributed by atoms with Crippen LogP contribution in [0.2, 0.25) is 0 Å². The number of benzene rings is 1. The fraction of sp³-hybridized carbons (Fsp3) is 0.667. The molecule has 194 valence electrons. The van der Waals surface area contributed by atoms with Crippen molar-refractivity contribution in [3.8, 4) is 5.75 Å². The summed E-state index contributed by atoms with van der Waals surface area (Å²) in [6, 6.07) is 4.38. The van der Waals surface area contributed by atoms with E-state index in [1.807, 2.05) is 42.7 Å². The number of phenolic OH excluding ortho intramolecular Hbond substituents is 1. The van der Waals surface area contributed by atoms with E-state index in [9.17, 15) is 19.5 Å². The molecule has 2 saturated heterocycles. The molecular formula is C27H41N3O5. The van der Waals surface area contributed by atoms with E-state index >= 15 is 0 Å². The Balaban J connectivity index is 1.41. The second kappa shape index (κ2) is 12.4. The van der Waals surface area contributed by atoms with E-state index in [-0.39, 0.29) is 36.5 Å². The number of nitrogens with zero attached hydrogens (tertiary/aromatic N) is 3. The Kier molecular flexibility index (Phi) is 9.55. The highest BCUT2D eigenvalue weighted by atomic mass is 16.5. The number of likely N-dealkylation sites (tertiary alicyclic amines) is 1. The lowest BCUT2D eigenvalue weighted by atomic mass is 9.95. The summed E-state index contributed by atoms with van der Waals surface area (Å²) in [5.41, 5.74) is 2.78. The highest BCUT2D eigenvalue weighted by Crippen LogP contribution is 2.26. The third-order valence-corrected chi connectivity index (χ3v) is 7.32. The predicted molar refractivity (Wildman–Crippen MR) is 134 cm³/mol. The van der Waals surface area contributed by atoms with Crippen LogP contribution in [-0.2, 0) is 25.5 Å². The second-order valence-electron chi connectivity index (χ2n) is 9.96. The van der Waals surface area contributed by atoms with Crippen molar-refractivity contribution in [3.63, 3.8) is 0 Å². The molecule has 1 atom stereocenters. The van der Waals surface area contributed by atoms with Gasteiger partial charge in [-0.2, -0.15) is 0 Å². The summed E-state index contributed by atoms with van der Waals surface area (Å²) in [6.07, 6.45) is 2.93. The Morgan fingerprint density at radius 3 is 2.14 bits per heavy atom. The van der Waals surface area contributed by atoms with Crippen LogP contribution in [0, 0.1) is 19.8 Å². The summed E-state index contributed by atoms with van der Waals surface area (Å²) < 4.78 is 4.90. The lowest BCUT2D eigenvalue weighted by Crippen LogP contribution is -2.55. The molecule has 0 bridgehead atoms. The number of rotatable bonds is 8. The number of phenols is 1. The molecule has 2 aliphatic rings. The van der Waals surface area contributed by atoms with Gasteiger partial charge in [-0.05, 0) is 56.7 Å². The molecule has 0 aromatic heterocycles. The van der Waals surface area contributed by atoms with Gasteiger partial charge in [0.1, 0.15) is 5.75 Å². The van der Waals surface area contributed by atoms with Crippen LogP contribution >= 0.6 is 0 Å². The normalized spacial score (nSPS) is 18.4. The van der Waals surface area contributed by atoms with Crippen LogP contribution in [0.3, 0.4) is 0 Å². The van der Waals surface area contributed by atoms with Crippen molar-refractivity contribution in [3.05, 3.63) is 28.8 Å². The van der Waals surface area contributed by atoms with Crippen molar-refractivity contribution in [1.29, 1.82) is 0 Å². The van der Waals surface area contributed by atoms with Crippen LogP contribution in [0.15, 0.2) is 12.1 Å². The molecule has 0 aliphatic carbocycles. The molecule has 2 aliphatic heterocycles. The molecule has 2 fully saturated rings. The van der Waals surface area contributed by atoms with Crippen molar-refractivity contribution in [2.75, 3.05) is 45.9 Å². The van der Waals surface area contributed by atoms with Gasteiger partial charge in [0.15, 0.2) is 0 Å². The van der Waals surface area contributed by atoms with Gasteiger partial charge in [0.25, 0.3) is 0 Å². The quantitative estimate of drug-likeness (QED) is 0.567. The van der Waals surface area contributed by atoms with Gasteiger partial charge in [0, 0.05) is 57.6 Å². The van der Waals surface area contributed by atoms with Crippen molar-refractivity contribution in [2.24, 2.45) is 5.92 Å². The van der Waals surface area contributed by atoms with Crippen LogP contribution in [0.1, 0.15) is 56.2 Å². The summed E-state index contributed by atoms with van der Waals surface area (Å²) in [5.74, 6) is 0.133. The number of carbonyl (C=O) groups excluding carboxylic acids is 3. The standard InChI is InChI=1S/C27H41N3O5/c1-5-35-25(32)7-6-24(31)29-14-12-28(13-15-29)23-8-10-30(11-9-23)27(34)21(4)18-22-16-19(2)26(33)20(3)17-22/h16-17,21,23,33H,5-15,18H2,1-4H3/t21-/m1/s1. The second-order valence-corrected chi connectivity index (χ2v) is 9.96. The zero-order valence-electron chi connectivity index (χ0n) is 21.7. The molecule has 2 amide bonds. The Labute approximate surface area is 209 Å². The van der Waals surface area contributed by atoms with Gasteiger partial charge in [-0.3, -0.25) is 19.3 Å². The minimum Gasteiger partial charge on any atom is -0.507 e. The molecule has 35 heavy (non-hydrogen) atoms. The molecule has 0 unspecified atom stereocenters. The molecule has 3 rings (SSSR count). The smallest absolute Gasteiger partial charge is 0.306 e. The summed E-state index contributed by atoms with van der Waals surface area (Å²) in [6.45, 7) is 12.4. The Morgan fingerprint density at radius 2 is 1.57 bits per heavy atom. The Hall–Kier alpha value is -2.61. The van der Waals surface area contributed by atoms with Crippen LogP contribution in [-0.4, -0.2) is 89.5 Å². The molecular weight excluding hydrogens is 446 g/mol. The fourth-order valence-corrected chi connectivity index (χ4v) is 5.30. The van der Waals surface area contributed by atoms with Gasteiger partial charge < -0.3 is 19.6 Å². The van der Waals surface area contributed by atoms with Gasteiger partial charge in [0.2, 0.25) is 11.8 Å². The first-order valence-electron chi connectivity index (χ1n) is 12.9. The average molecular weight is 488 g/mol. The first-order valence-corrected chi connectivity index (χ1v) is 12.9. The molecule has 1 aromatic carbocycles. The third-order valence-electron chi connectivity index (χ3n) is 7.32. The van der Waals surface area contributed by atoms with Crippen LogP contribution in [0.4, 0.5) is 0 Å². The van der Waals surface area contributed by atoms with Crippen LogP contribution < -0.4 is 0 Å². The summed E-state index contributed by atoms with van der Waals surface area (Å²) in [5, 5.41) is 10.00. The molecule has 8 nitrogen and oxygen atoms in total. The highest BCUT2D eigenvalue weighted by molar-refractivity contribution is 5.81. The fourth-order valence-electron chi connectivity index (χ4n) is 5.30. The van der Waals surface area contributed by atoms with Crippen molar-refractivity contribution in [2.45, 2.75) is 65.8 Å². The molecule has 0 spiro atoms. The number of piperidine rings is 1. The van der Waals surface area contributed by atoms with Gasteiger partial charge in [0.05, 0.1) is 13.0 Å². The lowest BCUT2D eigenvalue weighted by Gasteiger charge is -2.43. The van der Waals surface area contributed by atoms with E-state index in [0.29, 0.717) is 37.9 Å². The average Bonchev–Trinajstić information content (AvgIpc) is 2.85. The number of ether oxygens (including phenoxy) is 1. The van der Waals surface area contributed by atoms with E-state index in [1.54, 1.807) is 6.92 Å². The van der Waals surface area contributed by atoms with Gasteiger partial charge in [-0.1, -0.05) is 19.1 Å². The molecule has 8 heteroatoms. The number of amides is 2. The van der Waals surface area contributed by atoms with Crippen molar-refractivity contribution < 1.29 is 24.2 Å². The Morgan fingerprint density at radius 1 is 0.971 bits per heavy atom. The van der Waals surface area contributed by atoms with Crippen molar-refractivity contribution >= 4 is 17.8 Å². The maximum atomic E-state index is 13.1. The number of aryl methyl sites for hydroxylation is 2. The van der Waals surface area contributed by atoms with E-state index in [1.165, 1.54) is 0 Å².